The molecule has 0 amide bonds. The maximum atomic E-state index is 13.1. The van der Waals surface area contributed by atoms with Crippen LogP contribution >= 0.6 is 0 Å². The third-order valence-electron chi connectivity index (χ3n) is 13.9. The third kappa shape index (κ3) is 41.5. The highest BCUT2D eigenvalue weighted by molar-refractivity contribution is 5.74. The van der Waals surface area contributed by atoms with Crippen molar-refractivity contribution in [3.05, 3.63) is 48.6 Å². The molecule has 12 heteroatoms. The molecule has 3 N–H and O–H groups in total. The highest BCUT2D eigenvalue weighted by atomic mass is 16.7. The van der Waals surface area contributed by atoms with Crippen LogP contribution in [0.5, 0.6) is 0 Å². The molecule has 75 heavy (non-hydrogen) atoms. The number of carboxylic acids is 1. The first kappa shape index (κ1) is 69.7. The van der Waals surface area contributed by atoms with Crippen molar-refractivity contribution < 1.29 is 58.2 Å². The van der Waals surface area contributed by atoms with Crippen LogP contribution in [0.4, 0.5) is 0 Å². The van der Waals surface area contributed by atoms with E-state index in [4.69, 9.17) is 23.7 Å². The standard InChI is InChI=1S/C63H110O12/c1-4-7-10-13-16-19-21-23-25-27-28-30-31-33-35-38-40-43-46-49-55(64)71-52-54(73-56(65)50-47-44-41-37-18-15-12-9-6-3)53-72-63-61(59(68)58(67)60(75-63)62(69)70)74-57(66)51-48-45-42-39-36-34-32-29-26-24-22-20-17-14-11-8-5-2/h7,10,16,19,23,25,28,30,54,58-61,63,67-68H,4-6,8-9,11-15,17-18,20-22,24,26-27,29,31-53H2,1-3H3,(H,69,70)/b10-7-,19-16-,25-23-,30-28-. The van der Waals surface area contributed by atoms with Crippen LogP contribution in [-0.2, 0) is 42.9 Å². The van der Waals surface area contributed by atoms with Gasteiger partial charge in [0.2, 0.25) is 0 Å². The van der Waals surface area contributed by atoms with Crippen LogP contribution in [0.25, 0.3) is 0 Å². The molecule has 0 aromatic carbocycles. The lowest BCUT2D eigenvalue weighted by Crippen LogP contribution is -2.61. The van der Waals surface area contributed by atoms with E-state index in [1.165, 1.54) is 116 Å². The smallest absolute Gasteiger partial charge is 0.335 e. The summed E-state index contributed by atoms with van der Waals surface area (Å²) in [6, 6.07) is 0. The van der Waals surface area contributed by atoms with Crippen molar-refractivity contribution >= 4 is 23.9 Å². The van der Waals surface area contributed by atoms with Gasteiger partial charge in [-0.25, -0.2) is 4.79 Å². The summed E-state index contributed by atoms with van der Waals surface area (Å²) in [5.41, 5.74) is 0. The number of aliphatic hydroxyl groups is 2. The Bertz CT molecular complexity index is 1490. The fourth-order valence-corrected chi connectivity index (χ4v) is 9.24. The molecule has 0 spiro atoms. The lowest BCUT2D eigenvalue weighted by atomic mass is 9.98. The molecule has 1 aliphatic rings. The number of carboxylic acid groups (broad SMARTS) is 1. The monoisotopic (exact) mass is 1060 g/mol. The summed E-state index contributed by atoms with van der Waals surface area (Å²) in [4.78, 5) is 51.1. The Balaban J connectivity index is 2.61. The number of aliphatic hydroxyl groups excluding tert-OH is 2. The van der Waals surface area contributed by atoms with Crippen LogP contribution < -0.4 is 0 Å². The van der Waals surface area contributed by atoms with Crippen molar-refractivity contribution in [2.24, 2.45) is 0 Å². The number of esters is 3. The quantitative estimate of drug-likeness (QED) is 0.0228. The molecule has 1 fully saturated rings. The lowest BCUT2D eigenvalue weighted by Gasteiger charge is -2.40. The van der Waals surface area contributed by atoms with Crippen LogP contribution in [0.2, 0.25) is 0 Å². The number of allylic oxidation sites excluding steroid dienone is 8. The molecule has 1 aliphatic heterocycles. The van der Waals surface area contributed by atoms with Gasteiger partial charge in [0.1, 0.15) is 18.8 Å². The predicted molar refractivity (Wildman–Crippen MR) is 303 cm³/mol. The lowest BCUT2D eigenvalue weighted by molar-refractivity contribution is -0.301. The van der Waals surface area contributed by atoms with E-state index in [-0.39, 0.29) is 25.9 Å². The van der Waals surface area contributed by atoms with Crippen molar-refractivity contribution in [3.8, 4) is 0 Å². The van der Waals surface area contributed by atoms with E-state index >= 15 is 0 Å². The van der Waals surface area contributed by atoms with Crippen molar-refractivity contribution in [1.82, 2.24) is 0 Å². The molecule has 0 bridgehead atoms. The molecular weight excluding hydrogens is 949 g/mol. The molecule has 0 aromatic rings. The molecule has 12 nitrogen and oxygen atoms in total. The van der Waals surface area contributed by atoms with Gasteiger partial charge in [0, 0.05) is 19.3 Å². The summed E-state index contributed by atoms with van der Waals surface area (Å²) in [5.74, 6) is -3.12. The van der Waals surface area contributed by atoms with Gasteiger partial charge < -0.3 is 39.0 Å². The van der Waals surface area contributed by atoms with E-state index in [2.05, 4.69) is 69.4 Å². The zero-order chi connectivity index (χ0) is 54.7. The van der Waals surface area contributed by atoms with Gasteiger partial charge in [-0.05, 0) is 57.8 Å². The molecule has 6 unspecified atom stereocenters. The Kier molecular flexibility index (Phi) is 47.8. The van der Waals surface area contributed by atoms with Gasteiger partial charge in [-0.15, -0.1) is 0 Å². The van der Waals surface area contributed by atoms with Gasteiger partial charge in [-0.1, -0.05) is 249 Å². The summed E-state index contributed by atoms with van der Waals surface area (Å²) < 4.78 is 28.4. The SMILES string of the molecule is CC/C=C\C/C=C\C/C=C\C/C=C\CCCCCCCCC(=O)OCC(COC1OC(C(=O)O)C(O)C(O)C1OC(=O)CCCCCCCCCCCCCCCCCCC)OC(=O)CCCCCCCCCCC. The molecule has 0 radical (unpaired) electrons. The van der Waals surface area contributed by atoms with E-state index in [0.717, 1.165) is 103 Å². The maximum Gasteiger partial charge on any atom is 0.335 e. The van der Waals surface area contributed by atoms with Crippen LogP contribution in [0.3, 0.4) is 0 Å². The van der Waals surface area contributed by atoms with Gasteiger partial charge >= 0.3 is 23.9 Å². The Labute approximate surface area is 456 Å². The van der Waals surface area contributed by atoms with Crippen molar-refractivity contribution in [1.29, 1.82) is 0 Å². The van der Waals surface area contributed by atoms with Crippen molar-refractivity contribution in [2.75, 3.05) is 13.2 Å². The van der Waals surface area contributed by atoms with E-state index in [1.54, 1.807) is 0 Å². The van der Waals surface area contributed by atoms with Crippen molar-refractivity contribution in [3.63, 3.8) is 0 Å². The zero-order valence-electron chi connectivity index (χ0n) is 47.8. The summed E-state index contributed by atoms with van der Waals surface area (Å²) in [6.45, 7) is 5.87. The van der Waals surface area contributed by atoms with E-state index in [1.807, 2.05) is 0 Å². The second-order valence-electron chi connectivity index (χ2n) is 21.0. The molecule has 434 valence electrons. The number of aliphatic carboxylic acids is 1. The first-order chi connectivity index (χ1) is 36.6. The summed E-state index contributed by atoms with van der Waals surface area (Å²) in [6.07, 6.45) is 49.5. The molecular formula is C63H110O12. The van der Waals surface area contributed by atoms with Crippen LogP contribution in [-0.4, -0.2) is 89.2 Å². The summed E-state index contributed by atoms with van der Waals surface area (Å²) >= 11 is 0. The number of carbonyl (C=O) groups excluding carboxylic acids is 3. The second-order valence-corrected chi connectivity index (χ2v) is 21.0. The number of unbranched alkanes of at least 4 members (excludes halogenated alkanes) is 30. The molecule has 1 saturated heterocycles. The highest BCUT2D eigenvalue weighted by Crippen LogP contribution is 2.27. The van der Waals surface area contributed by atoms with Gasteiger partial charge in [0.05, 0.1) is 6.61 Å². The predicted octanol–water partition coefficient (Wildman–Crippen LogP) is 15.8. The number of hydrogen-bond donors (Lipinski definition) is 3. The van der Waals surface area contributed by atoms with Crippen LogP contribution in [0.1, 0.15) is 278 Å². The van der Waals surface area contributed by atoms with Gasteiger partial charge in [0.15, 0.2) is 24.6 Å². The third-order valence-corrected chi connectivity index (χ3v) is 13.9. The van der Waals surface area contributed by atoms with Gasteiger partial charge in [-0.2, -0.15) is 0 Å². The normalized spacial score (nSPS) is 18.4. The van der Waals surface area contributed by atoms with E-state index in [9.17, 15) is 34.5 Å². The molecule has 0 aromatic heterocycles. The van der Waals surface area contributed by atoms with E-state index < -0.39 is 67.3 Å². The topological polar surface area (TPSA) is 175 Å². The zero-order valence-corrected chi connectivity index (χ0v) is 47.8. The first-order valence-corrected chi connectivity index (χ1v) is 30.6. The first-order valence-electron chi connectivity index (χ1n) is 30.6. The fourth-order valence-electron chi connectivity index (χ4n) is 9.24. The molecule has 0 saturated carbocycles. The average molecular weight is 1060 g/mol. The minimum Gasteiger partial charge on any atom is -0.479 e. The van der Waals surface area contributed by atoms with Gasteiger partial charge in [0.25, 0.3) is 0 Å². The summed E-state index contributed by atoms with van der Waals surface area (Å²) in [5, 5.41) is 31.5. The Morgan fingerprint density at radius 1 is 0.453 bits per heavy atom. The average Bonchev–Trinajstić information content (AvgIpc) is 3.39. The highest BCUT2D eigenvalue weighted by Gasteiger charge is 2.50. The number of ether oxygens (including phenoxy) is 5. The van der Waals surface area contributed by atoms with E-state index in [0.29, 0.717) is 19.3 Å². The minimum absolute atomic E-state index is 0.0642. The number of hydrogen-bond acceptors (Lipinski definition) is 11. The molecule has 1 rings (SSSR count). The Morgan fingerprint density at radius 3 is 1.28 bits per heavy atom. The molecule has 6 atom stereocenters. The maximum absolute atomic E-state index is 13.1. The minimum atomic E-state index is -1.90. The Hall–Kier alpha value is -3.32. The number of carbonyl (C=O) groups is 4. The van der Waals surface area contributed by atoms with Crippen LogP contribution in [0, 0.1) is 0 Å². The number of rotatable bonds is 52. The van der Waals surface area contributed by atoms with Crippen LogP contribution in [0.15, 0.2) is 48.6 Å². The fraction of sp³-hybridized carbons (Fsp3) is 0.810. The second kappa shape index (κ2) is 51.4. The molecule has 0 aliphatic carbocycles. The Morgan fingerprint density at radius 2 is 0.840 bits per heavy atom. The largest absolute Gasteiger partial charge is 0.479 e. The van der Waals surface area contributed by atoms with Gasteiger partial charge in [-0.3, -0.25) is 14.4 Å². The molecule has 1 heterocycles. The summed E-state index contributed by atoms with van der Waals surface area (Å²) in [7, 11) is 0. The van der Waals surface area contributed by atoms with Crippen molar-refractivity contribution in [2.45, 2.75) is 314 Å².